The Morgan fingerprint density at radius 1 is 1.37 bits per heavy atom. The highest BCUT2D eigenvalue weighted by Crippen LogP contribution is 2.32. The molecule has 0 aromatic heterocycles. The van der Waals surface area contributed by atoms with Gasteiger partial charge in [0.05, 0.1) is 5.56 Å². The lowest BCUT2D eigenvalue weighted by Gasteiger charge is -2.31. The van der Waals surface area contributed by atoms with Crippen LogP contribution in [0.5, 0.6) is 5.75 Å². The van der Waals surface area contributed by atoms with Gasteiger partial charge in [-0.1, -0.05) is 29.3 Å². The number of ether oxygens (including phenoxy) is 1. The summed E-state index contributed by atoms with van der Waals surface area (Å²) in [6, 6.07) is 5.69. The molecule has 2 atom stereocenters. The largest absolute Gasteiger partial charge is 0.489 e. The first-order valence-corrected chi connectivity index (χ1v) is 7.88. The van der Waals surface area contributed by atoms with Crippen LogP contribution in [0, 0.1) is 5.92 Å². The van der Waals surface area contributed by atoms with Crippen molar-refractivity contribution in [1.82, 2.24) is 0 Å². The molecule has 0 bridgehead atoms. The number of hydrogen-bond acceptors (Lipinski definition) is 2. The SMILES string of the molecule is CCC1CCCCC1Oc1ccc(Br)cc1C(C)=O. The van der Waals surface area contributed by atoms with Gasteiger partial charge in [0.2, 0.25) is 0 Å². The van der Waals surface area contributed by atoms with E-state index in [9.17, 15) is 4.79 Å². The molecular weight excluding hydrogens is 304 g/mol. The zero-order valence-corrected chi connectivity index (χ0v) is 13.2. The molecule has 1 aromatic carbocycles. The minimum Gasteiger partial charge on any atom is -0.489 e. The minimum atomic E-state index is 0.0557. The van der Waals surface area contributed by atoms with Crippen LogP contribution < -0.4 is 4.74 Å². The van der Waals surface area contributed by atoms with Gasteiger partial charge in [-0.15, -0.1) is 0 Å². The van der Waals surface area contributed by atoms with Gasteiger partial charge in [0, 0.05) is 4.47 Å². The van der Waals surface area contributed by atoms with Crippen molar-refractivity contribution in [2.45, 2.75) is 52.1 Å². The highest BCUT2D eigenvalue weighted by atomic mass is 79.9. The van der Waals surface area contributed by atoms with Gasteiger partial charge in [-0.3, -0.25) is 4.79 Å². The summed E-state index contributed by atoms with van der Waals surface area (Å²) in [7, 11) is 0. The fourth-order valence-electron chi connectivity index (χ4n) is 2.84. The van der Waals surface area contributed by atoms with E-state index in [4.69, 9.17) is 4.74 Å². The maximum atomic E-state index is 11.7. The number of rotatable bonds is 4. The van der Waals surface area contributed by atoms with Crippen molar-refractivity contribution < 1.29 is 9.53 Å². The van der Waals surface area contributed by atoms with Crippen LogP contribution in [0.25, 0.3) is 0 Å². The average Bonchev–Trinajstić information content (AvgIpc) is 2.41. The summed E-state index contributed by atoms with van der Waals surface area (Å²) >= 11 is 3.41. The molecule has 0 N–H and O–H groups in total. The first kappa shape index (κ1) is 14.6. The van der Waals surface area contributed by atoms with Crippen LogP contribution in [0.4, 0.5) is 0 Å². The smallest absolute Gasteiger partial charge is 0.163 e. The van der Waals surface area contributed by atoms with Crippen molar-refractivity contribution in [2.24, 2.45) is 5.92 Å². The van der Waals surface area contributed by atoms with Crippen molar-refractivity contribution >= 4 is 21.7 Å². The van der Waals surface area contributed by atoms with Crippen LogP contribution in [-0.2, 0) is 0 Å². The molecule has 1 aliphatic rings. The van der Waals surface area contributed by atoms with Gasteiger partial charge in [-0.25, -0.2) is 0 Å². The van der Waals surface area contributed by atoms with Crippen LogP contribution in [-0.4, -0.2) is 11.9 Å². The summed E-state index contributed by atoms with van der Waals surface area (Å²) in [5.74, 6) is 1.42. The van der Waals surface area contributed by atoms with Crippen LogP contribution in [0.3, 0.4) is 0 Å². The second-order valence-electron chi connectivity index (χ2n) is 5.31. The second kappa shape index (κ2) is 6.56. The predicted octanol–water partition coefficient (Wildman–Crippen LogP) is 5.00. The van der Waals surface area contributed by atoms with Gasteiger partial charge in [0.1, 0.15) is 11.9 Å². The molecule has 0 aliphatic heterocycles. The third-order valence-electron chi connectivity index (χ3n) is 3.96. The number of ketones is 1. The predicted molar refractivity (Wildman–Crippen MR) is 80.8 cm³/mol. The topological polar surface area (TPSA) is 26.3 Å². The first-order chi connectivity index (χ1) is 9.11. The molecule has 2 nitrogen and oxygen atoms in total. The first-order valence-electron chi connectivity index (χ1n) is 7.09. The summed E-state index contributed by atoms with van der Waals surface area (Å²) in [4.78, 5) is 11.7. The van der Waals surface area contributed by atoms with Gasteiger partial charge in [0.25, 0.3) is 0 Å². The van der Waals surface area contributed by atoms with Crippen LogP contribution >= 0.6 is 15.9 Å². The van der Waals surface area contributed by atoms with Gasteiger partial charge in [0.15, 0.2) is 5.78 Å². The highest BCUT2D eigenvalue weighted by molar-refractivity contribution is 9.10. The van der Waals surface area contributed by atoms with Crippen molar-refractivity contribution in [1.29, 1.82) is 0 Å². The number of carbonyl (C=O) groups excluding carboxylic acids is 1. The average molecular weight is 325 g/mol. The Morgan fingerprint density at radius 3 is 2.79 bits per heavy atom. The molecule has 0 spiro atoms. The third kappa shape index (κ3) is 3.59. The Balaban J connectivity index is 2.20. The lowest BCUT2D eigenvalue weighted by Crippen LogP contribution is -2.30. The van der Waals surface area contributed by atoms with Crippen LogP contribution in [0.15, 0.2) is 22.7 Å². The Hall–Kier alpha value is -0.830. The molecule has 0 heterocycles. The zero-order chi connectivity index (χ0) is 13.8. The Morgan fingerprint density at radius 2 is 2.11 bits per heavy atom. The van der Waals surface area contributed by atoms with Crippen molar-refractivity contribution in [3.8, 4) is 5.75 Å². The molecule has 2 rings (SSSR count). The lowest BCUT2D eigenvalue weighted by molar-refractivity contribution is 0.0866. The van der Waals surface area contributed by atoms with Gasteiger partial charge in [-0.2, -0.15) is 0 Å². The third-order valence-corrected chi connectivity index (χ3v) is 4.46. The molecule has 1 fully saturated rings. The number of hydrogen-bond donors (Lipinski definition) is 0. The fourth-order valence-corrected chi connectivity index (χ4v) is 3.20. The van der Waals surface area contributed by atoms with E-state index in [1.165, 1.54) is 19.3 Å². The second-order valence-corrected chi connectivity index (χ2v) is 6.22. The summed E-state index contributed by atoms with van der Waals surface area (Å²) in [5.41, 5.74) is 0.676. The van der Waals surface area contributed by atoms with Crippen LogP contribution in [0.2, 0.25) is 0 Å². The Bertz CT molecular complexity index is 456. The molecule has 1 aromatic rings. The molecule has 19 heavy (non-hydrogen) atoms. The molecule has 0 amide bonds. The quantitative estimate of drug-likeness (QED) is 0.728. The number of benzene rings is 1. The number of carbonyl (C=O) groups is 1. The Kier molecular flexibility index (Phi) is 5.03. The van der Waals surface area contributed by atoms with E-state index < -0.39 is 0 Å². The molecule has 104 valence electrons. The van der Waals surface area contributed by atoms with E-state index in [1.54, 1.807) is 6.92 Å². The summed E-state index contributed by atoms with van der Waals surface area (Å²) in [6.07, 6.45) is 6.29. The van der Waals surface area contributed by atoms with Crippen molar-refractivity contribution in [3.05, 3.63) is 28.2 Å². The lowest BCUT2D eigenvalue weighted by atomic mass is 9.84. The van der Waals surface area contributed by atoms with Crippen molar-refractivity contribution in [2.75, 3.05) is 0 Å². The molecule has 3 heteroatoms. The summed E-state index contributed by atoms with van der Waals surface area (Å²) < 4.78 is 7.08. The van der Waals surface area contributed by atoms with E-state index in [-0.39, 0.29) is 11.9 Å². The molecule has 0 saturated heterocycles. The fraction of sp³-hybridized carbons (Fsp3) is 0.562. The molecule has 0 radical (unpaired) electrons. The van der Waals surface area contributed by atoms with Gasteiger partial charge in [-0.05, 0) is 56.7 Å². The molecule has 2 unspecified atom stereocenters. The Labute approximate surface area is 123 Å². The van der Waals surface area contributed by atoms with Crippen LogP contribution in [0.1, 0.15) is 56.3 Å². The summed E-state index contributed by atoms with van der Waals surface area (Å²) in [6.45, 7) is 3.81. The normalized spacial score (nSPS) is 23.1. The van der Waals surface area contributed by atoms with E-state index in [1.807, 2.05) is 18.2 Å². The maximum Gasteiger partial charge on any atom is 0.163 e. The van der Waals surface area contributed by atoms with Gasteiger partial charge < -0.3 is 4.74 Å². The van der Waals surface area contributed by atoms with E-state index in [0.717, 1.165) is 23.1 Å². The minimum absolute atomic E-state index is 0.0557. The van der Waals surface area contributed by atoms with E-state index in [2.05, 4.69) is 22.9 Å². The molecule has 1 aliphatic carbocycles. The molecule has 1 saturated carbocycles. The molecular formula is C16H21BrO2. The van der Waals surface area contributed by atoms with Gasteiger partial charge >= 0.3 is 0 Å². The maximum absolute atomic E-state index is 11.7. The standard InChI is InChI=1S/C16H21BrO2/c1-3-12-6-4-5-7-15(12)19-16-9-8-13(17)10-14(16)11(2)18/h8-10,12,15H,3-7H2,1-2H3. The highest BCUT2D eigenvalue weighted by Gasteiger charge is 2.26. The number of Topliss-reactive ketones (excluding diaryl/α,β-unsaturated/α-hetero) is 1. The van der Waals surface area contributed by atoms with Crippen molar-refractivity contribution in [3.63, 3.8) is 0 Å². The number of halogens is 1. The van der Waals surface area contributed by atoms with E-state index >= 15 is 0 Å². The zero-order valence-electron chi connectivity index (χ0n) is 11.6. The monoisotopic (exact) mass is 324 g/mol. The van der Waals surface area contributed by atoms with E-state index in [0.29, 0.717) is 11.5 Å². The summed E-state index contributed by atoms with van der Waals surface area (Å²) in [5, 5.41) is 0.